The Labute approximate surface area is 101 Å². The van der Waals surface area contributed by atoms with Crippen LogP contribution in [-0.4, -0.2) is 35.4 Å². The van der Waals surface area contributed by atoms with Crippen molar-refractivity contribution in [3.8, 4) is 6.07 Å². The Hall–Kier alpha value is -1.12. The van der Waals surface area contributed by atoms with E-state index in [1.807, 2.05) is 0 Å². The first-order valence-electron chi connectivity index (χ1n) is 6.12. The topological polar surface area (TPSA) is 93.4 Å². The summed E-state index contributed by atoms with van der Waals surface area (Å²) in [6.45, 7) is -0.631. The molecule has 0 bridgehead atoms. The van der Waals surface area contributed by atoms with Crippen LogP contribution < -0.4 is 5.32 Å². The summed E-state index contributed by atoms with van der Waals surface area (Å²) in [7, 11) is 0. The molecule has 17 heavy (non-hydrogen) atoms. The lowest BCUT2D eigenvalue weighted by molar-refractivity contribution is -0.130. The van der Waals surface area contributed by atoms with Gasteiger partial charge in [0, 0.05) is 0 Å². The van der Waals surface area contributed by atoms with Gasteiger partial charge in [-0.2, -0.15) is 5.26 Å². The van der Waals surface area contributed by atoms with Gasteiger partial charge in [0.1, 0.15) is 5.41 Å². The molecule has 96 valence electrons. The molecule has 1 saturated carbocycles. The van der Waals surface area contributed by atoms with Crippen LogP contribution in [0.15, 0.2) is 0 Å². The maximum Gasteiger partial charge on any atom is 0.240 e. The van der Waals surface area contributed by atoms with Gasteiger partial charge in [0.05, 0.1) is 25.3 Å². The lowest BCUT2D eigenvalue weighted by atomic mass is 9.81. The van der Waals surface area contributed by atoms with Crippen LogP contribution in [0, 0.1) is 16.7 Å². The van der Waals surface area contributed by atoms with Crippen molar-refractivity contribution in [2.45, 2.75) is 44.6 Å². The van der Waals surface area contributed by atoms with Crippen molar-refractivity contribution in [2.75, 3.05) is 13.2 Å². The van der Waals surface area contributed by atoms with Crippen molar-refractivity contribution in [3.63, 3.8) is 0 Å². The maximum atomic E-state index is 12.1. The number of nitriles is 1. The molecular formula is C12H20N2O3. The molecule has 5 nitrogen and oxygen atoms in total. The first-order chi connectivity index (χ1) is 8.18. The Balaban J connectivity index is 2.71. The van der Waals surface area contributed by atoms with Crippen LogP contribution in [0.2, 0.25) is 0 Å². The number of amides is 1. The molecule has 0 saturated heterocycles. The molecule has 1 aliphatic rings. The van der Waals surface area contributed by atoms with Gasteiger partial charge in [-0.15, -0.1) is 0 Å². The zero-order chi connectivity index (χ0) is 12.7. The summed E-state index contributed by atoms with van der Waals surface area (Å²) in [5, 5.41) is 29.7. The molecule has 1 fully saturated rings. The Bertz CT molecular complexity index is 287. The highest BCUT2D eigenvalue weighted by atomic mass is 16.3. The number of aliphatic hydroxyl groups is 2. The first kappa shape index (κ1) is 13.9. The van der Waals surface area contributed by atoms with Crippen molar-refractivity contribution in [2.24, 2.45) is 5.41 Å². The molecule has 1 amide bonds. The van der Waals surface area contributed by atoms with E-state index in [0.29, 0.717) is 12.8 Å². The first-order valence-corrected chi connectivity index (χ1v) is 6.12. The van der Waals surface area contributed by atoms with Crippen LogP contribution in [0.3, 0.4) is 0 Å². The van der Waals surface area contributed by atoms with E-state index in [1.54, 1.807) is 0 Å². The molecule has 0 heterocycles. The SMILES string of the molecule is N#CC1(C(=O)NC(CO)CO)CCCCCC1. The van der Waals surface area contributed by atoms with Gasteiger partial charge >= 0.3 is 0 Å². The Kier molecular flexibility index (Phi) is 5.39. The van der Waals surface area contributed by atoms with Gasteiger partial charge in [0.15, 0.2) is 0 Å². The Morgan fingerprint density at radius 1 is 1.24 bits per heavy atom. The maximum absolute atomic E-state index is 12.1. The van der Waals surface area contributed by atoms with E-state index >= 15 is 0 Å². The monoisotopic (exact) mass is 240 g/mol. The zero-order valence-corrected chi connectivity index (χ0v) is 9.98. The molecule has 0 aromatic carbocycles. The molecule has 0 aromatic heterocycles. The van der Waals surface area contributed by atoms with Crippen molar-refractivity contribution in [3.05, 3.63) is 0 Å². The smallest absolute Gasteiger partial charge is 0.240 e. The average Bonchev–Trinajstić information content (AvgIpc) is 2.61. The quantitative estimate of drug-likeness (QED) is 0.617. The van der Waals surface area contributed by atoms with Crippen molar-refractivity contribution >= 4 is 5.91 Å². The van der Waals surface area contributed by atoms with E-state index < -0.39 is 11.5 Å². The standard InChI is InChI=1S/C12H20N2O3/c13-9-12(5-3-1-2-4-6-12)11(17)14-10(7-15)8-16/h10,15-16H,1-8H2,(H,14,17). The van der Waals surface area contributed by atoms with Crippen molar-refractivity contribution in [1.82, 2.24) is 5.32 Å². The molecule has 1 aliphatic carbocycles. The predicted molar refractivity (Wildman–Crippen MR) is 61.9 cm³/mol. The summed E-state index contributed by atoms with van der Waals surface area (Å²) in [6, 6.07) is 1.47. The number of nitrogens with one attached hydrogen (secondary N) is 1. The lowest BCUT2D eigenvalue weighted by Gasteiger charge is -2.25. The van der Waals surface area contributed by atoms with Crippen LogP contribution in [0.4, 0.5) is 0 Å². The molecule has 0 aromatic rings. The van der Waals surface area contributed by atoms with Gasteiger partial charge in [0.25, 0.3) is 0 Å². The number of rotatable bonds is 4. The second kappa shape index (κ2) is 6.58. The van der Waals surface area contributed by atoms with Crippen LogP contribution >= 0.6 is 0 Å². The minimum absolute atomic E-state index is 0.316. The fourth-order valence-corrected chi connectivity index (χ4v) is 2.19. The number of aliphatic hydroxyl groups excluding tert-OH is 2. The second-order valence-electron chi connectivity index (χ2n) is 4.64. The third-order valence-electron chi connectivity index (χ3n) is 3.38. The number of hydrogen-bond donors (Lipinski definition) is 3. The summed E-state index contributed by atoms with van der Waals surface area (Å²) in [5.74, 6) is -0.352. The largest absolute Gasteiger partial charge is 0.394 e. The van der Waals surface area contributed by atoms with Crippen LogP contribution in [0.5, 0.6) is 0 Å². The summed E-state index contributed by atoms with van der Waals surface area (Å²) >= 11 is 0. The average molecular weight is 240 g/mol. The number of carbonyl (C=O) groups is 1. The molecule has 0 unspecified atom stereocenters. The Morgan fingerprint density at radius 2 is 1.76 bits per heavy atom. The Morgan fingerprint density at radius 3 is 2.18 bits per heavy atom. The van der Waals surface area contributed by atoms with E-state index in [4.69, 9.17) is 10.2 Å². The fourth-order valence-electron chi connectivity index (χ4n) is 2.19. The summed E-state index contributed by atoms with van der Waals surface area (Å²) in [6.07, 6.45) is 5.01. The lowest BCUT2D eigenvalue weighted by Crippen LogP contribution is -2.47. The van der Waals surface area contributed by atoms with E-state index in [-0.39, 0.29) is 19.1 Å². The molecule has 3 N–H and O–H groups in total. The number of hydrogen-bond acceptors (Lipinski definition) is 4. The van der Waals surface area contributed by atoms with Gasteiger partial charge < -0.3 is 15.5 Å². The van der Waals surface area contributed by atoms with E-state index in [9.17, 15) is 10.1 Å². The normalized spacial score (nSPS) is 19.4. The van der Waals surface area contributed by atoms with Gasteiger partial charge in [-0.25, -0.2) is 0 Å². The highest BCUT2D eigenvalue weighted by Gasteiger charge is 2.39. The number of carbonyl (C=O) groups excluding carboxylic acids is 1. The zero-order valence-electron chi connectivity index (χ0n) is 9.98. The summed E-state index contributed by atoms with van der Waals surface area (Å²) < 4.78 is 0. The molecule has 5 heteroatoms. The van der Waals surface area contributed by atoms with Crippen LogP contribution in [0.1, 0.15) is 38.5 Å². The third kappa shape index (κ3) is 3.42. The predicted octanol–water partition coefficient (Wildman–Crippen LogP) is 0.320. The molecule has 0 aliphatic heterocycles. The highest BCUT2D eigenvalue weighted by Crippen LogP contribution is 2.34. The van der Waals surface area contributed by atoms with Crippen LogP contribution in [0.25, 0.3) is 0 Å². The van der Waals surface area contributed by atoms with E-state index in [0.717, 1.165) is 25.7 Å². The van der Waals surface area contributed by atoms with E-state index in [2.05, 4.69) is 11.4 Å². The van der Waals surface area contributed by atoms with Crippen LogP contribution in [-0.2, 0) is 4.79 Å². The summed E-state index contributed by atoms with van der Waals surface area (Å²) in [4.78, 5) is 12.1. The molecular weight excluding hydrogens is 220 g/mol. The highest BCUT2D eigenvalue weighted by molar-refractivity contribution is 5.85. The number of nitrogens with zero attached hydrogens (tertiary/aromatic N) is 1. The minimum atomic E-state index is -0.973. The third-order valence-corrected chi connectivity index (χ3v) is 3.38. The van der Waals surface area contributed by atoms with Crippen molar-refractivity contribution in [1.29, 1.82) is 5.26 Å². The molecule has 0 atom stereocenters. The fraction of sp³-hybridized carbons (Fsp3) is 0.833. The molecule has 0 spiro atoms. The summed E-state index contributed by atoms with van der Waals surface area (Å²) in [5.41, 5.74) is -0.973. The van der Waals surface area contributed by atoms with Gasteiger partial charge in [-0.1, -0.05) is 25.7 Å². The van der Waals surface area contributed by atoms with E-state index in [1.165, 1.54) is 0 Å². The second-order valence-corrected chi connectivity index (χ2v) is 4.64. The van der Waals surface area contributed by atoms with Gasteiger partial charge in [-0.05, 0) is 12.8 Å². The van der Waals surface area contributed by atoms with Gasteiger partial charge in [0.2, 0.25) is 5.91 Å². The van der Waals surface area contributed by atoms with Crippen molar-refractivity contribution < 1.29 is 15.0 Å². The minimum Gasteiger partial charge on any atom is -0.394 e. The molecule has 0 radical (unpaired) electrons. The van der Waals surface area contributed by atoms with Gasteiger partial charge in [-0.3, -0.25) is 4.79 Å². The molecule has 1 rings (SSSR count).